The molecule has 1 aliphatic heterocycles. The standard InChI is InChI=1S/C14H16N4OS/c1-8(2)18-13(19)11(17-14(18)20)5-9-6-16-12-7-15-4-3-10(9)12/h3-4,6-8,11,16H,5H2,1-2H3,(H,17,20). The second kappa shape index (κ2) is 4.86. The smallest absolute Gasteiger partial charge is 0.251 e. The highest BCUT2D eigenvalue weighted by Crippen LogP contribution is 2.21. The summed E-state index contributed by atoms with van der Waals surface area (Å²) in [6.45, 7) is 3.93. The Balaban J connectivity index is 1.85. The van der Waals surface area contributed by atoms with Crippen molar-refractivity contribution in [2.75, 3.05) is 0 Å². The lowest BCUT2D eigenvalue weighted by atomic mass is 10.1. The van der Waals surface area contributed by atoms with Crippen LogP contribution in [-0.2, 0) is 11.2 Å². The fourth-order valence-electron chi connectivity index (χ4n) is 2.60. The lowest BCUT2D eigenvalue weighted by Gasteiger charge is -2.18. The normalized spacial score (nSPS) is 19.1. The maximum absolute atomic E-state index is 12.4. The van der Waals surface area contributed by atoms with Crippen molar-refractivity contribution in [3.8, 4) is 0 Å². The topological polar surface area (TPSA) is 61.0 Å². The fourth-order valence-corrected chi connectivity index (χ4v) is 3.04. The zero-order valence-electron chi connectivity index (χ0n) is 11.4. The minimum absolute atomic E-state index is 0.0495. The molecule has 1 saturated heterocycles. The molecule has 0 bridgehead atoms. The Kier molecular flexibility index (Phi) is 3.17. The van der Waals surface area contributed by atoms with E-state index in [0.717, 1.165) is 16.5 Å². The Morgan fingerprint density at radius 2 is 2.30 bits per heavy atom. The van der Waals surface area contributed by atoms with Crippen LogP contribution in [0, 0.1) is 0 Å². The molecule has 5 nitrogen and oxygen atoms in total. The van der Waals surface area contributed by atoms with Crippen LogP contribution in [0.5, 0.6) is 0 Å². The van der Waals surface area contributed by atoms with E-state index in [2.05, 4.69) is 15.3 Å². The Bertz CT molecular complexity index is 679. The molecular weight excluding hydrogens is 272 g/mol. The van der Waals surface area contributed by atoms with Gasteiger partial charge in [-0.2, -0.15) is 0 Å². The van der Waals surface area contributed by atoms with Crippen molar-refractivity contribution in [1.29, 1.82) is 0 Å². The van der Waals surface area contributed by atoms with Gasteiger partial charge in [-0.15, -0.1) is 0 Å². The van der Waals surface area contributed by atoms with Crippen LogP contribution in [0.15, 0.2) is 24.7 Å². The Labute approximate surface area is 122 Å². The summed E-state index contributed by atoms with van der Waals surface area (Å²) in [5.41, 5.74) is 2.08. The lowest BCUT2D eigenvalue weighted by Crippen LogP contribution is -2.37. The van der Waals surface area contributed by atoms with E-state index in [1.54, 1.807) is 17.3 Å². The van der Waals surface area contributed by atoms with E-state index < -0.39 is 0 Å². The van der Waals surface area contributed by atoms with Crippen molar-refractivity contribution in [3.05, 3.63) is 30.2 Å². The number of amides is 1. The van der Waals surface area contributed by atoms with Gasteiger partial charge in [0.2, 0.25) is 0 Å². The zero-order chi connectivity index (χ0) is 14.3. The van der Waals surface area contributed by atoms with Crippen molar-refractivity contribution in [2.45, 2.75) is 32.4 Å². The molecule has 0 aliphatic carbocycles. The van der Waals surface area contributed by atoms with E-state index in [0.29, 0.717) is 11.5 Å². The first-order valence-electron chi connectivity index (χ1n) is 6.61. The Morgan fingerprint density at radius 1 is 1.50 bits per heavy atom. The molecule has 2 aromatic rings. The summed E-state index contributed by atoms with van der Waals surface area (Å²) in [4.78, 5) is 21.3. The maximum atomic E-state index is 12.4. The number of carbonyl (C=O) groups is 1. The van der Waals surface area contributed by atoms with Gasteiger partial charge in [0.05, 0.1) is 11.7 Å². The van der Waals surface area contributed by atoms with E-state index in [4.69, 9.17) is 12.2 Å². The van der Waals surface area contributed by atoms with Gasteiger partial charge in [-0.1, -0.05) is 0 Å². The molecule has 1 amide bonds. The predicted molar refractivity (Wildman–Crippen MR) is 81.3 cm³/mol. The monoisotopic (exact) mass is 288 g/mol. The highest BCUT2D eigenvalue weighted by Gasteiger charge is 2.36. The predicted octanol–water partition coefficient (Wildman–Crippen LogP) is 1.60. The van der Waals surface area contributed by atoms with Crippen LogP contribution in [0.25, 0.3) is 10.9 Å². The molecule has 0 aromatic carbocycles. The van der Waals surface area contributed by atoms with Crippen molar-refractivity contribution < 1.29 is 4.79 Å². The third kappa shape index (κ3) is 2.06. The summed E-state index contributed by atoms with van der Waals surface area (Å²) in [6, 6.07) is 1.76. The number of hydrogen-bond acceptors (Lipinski definition) is 3. The molecule has 3 heterocycles. The molecule has 0 radical (unpaired) electrons. The molecule has 1 aliphatic rings. The van der Waals surface area contributed by atoms with Crippen LogP contribution >= 0.6 is 12.2 Å². The quantitative estimate of drug-likeness (QED) is 0.842. The van der Waals surface area contributed by atoms with Crippen LogP contribution in [0.4, 0.5) is 0 Å². The second-order valence-corrected chi connectivity index (χ2v) is 5.63. The fraction of sp³-hybridized carbons (Fsp3) is 0.357. The number of nitrogens with one attached hydrogen (secondary N) is 2. The van der Waals surface area contributed by atoms with Gasteiger partial charge in [-0.3, -0.25) is 14.7 Å². The zero-order valence-corrected chi connectivity index (χ0v) is 12.2. The average molecular weight is 288 g/mol. The van der Waals surface area contributed by atoms with Gasteiger partial charge >= 0.3 is 0 Å². The van der Waals surface area contributed by atoms with E-state index >= 15 is 0 Å². The minimum atomic E-state index is -0.280. The maximum Gasteiger partial charge on any atom is 0.251 e. The highest BCUT2D eigenvalue weighted by molar-refractivity contribution is 7.80. The lowest BCUT2D eigenvalue weighted by molar-refractivity contribution is -0.128. The molecule has 6 heteroatoms. The van der Waals surface area contributed by atoms with Gasteiger partial charge in [0.1, 0.15) is 6.04 Å². The van der Waals surface area contributed by atoms with Gasteiger partial charge in [-0.05, 0) is 37.7 Å². The number of aromatic nitrogens is 2. The number of pyridine rings is 1. The van der Waals surface area contributed by atoms with Crippen LogP contribution in [0.3, 0.4) is 0 Å². The summed E-state index contributed by atoms with van der Waals surface area (Å²) < 4.78 is 0. The van der Waals surface area contributed by atoms with Gasteiger partial charge in [-0.25, -0.2) is 0 Å². The molecule has 0 saturated carbocycles. The van der Waals surface area contributed by atoms with Crippen molar-refractivity contribution in [3.63, 3.8) is 0 Å². The number of aromatic amines is 1. The van der Waals surface area contributed by atoms with Gasteiger partial charge < -0.3 is 10.3 Å². The van der Waals surface area contributed by atoms with Crippen molar-refractivity contribution in [2.24, 2.45) is 0 Å². The summed E-state index contributed by atoms with van der Waals surface area (Å²) in [6.07, 6.45) is 6.09. The third-order valence-electron chi connectivity index (χ3n) is 3.56. The van der Waals surface area contributed by atoms with Crippen LogP contribution < -0.4 is 5.32 Å². The minimum Gasteiger partial charge on any atom is -0.360 e. The molecule has 2 N–H and O–H groups in total. The van der Waals surface area contributed by atoms with Crippen LogP contribution in [0.2, 0.25) is 0 Å². The molecule has 1 atom stereocenters. The van der Waals surface area contributed by atoms with E-state index in [1.807, 2.05) is 26.1 Å². The van der Waals surface area contributed by atoms with Crippen LogP contribution in [-0.4, -0.2) is 38.0 Å². The average Bonchev–Trinajstić information content (AvgIpc) is 2.93. The summed E-state index contributed by atoms with van der Waals surface area (Å²) in [5.74, 6) is 0.0495. The van der Waals surface area contributed by atoms with Gasteiger partial charge in [0.25, 0.3) is 5.91 Å². The van der Waals surface area contributed by atoms with Crippen LogP contribution in [0.1, 0.15) is 19.4 Å². The number of thiocarbonyl (C=S) groups is 1. The summed E-state index contributed by atoms with van der Waals surface area (Å²) >= 11 is 5.24. The van der Waals surface area contributed by atoms with Gasteiger partial charge in [0, 0.05) is 30.2 Å². The first kappa shape index (κ1) is 13.1. The number of nitrogens with zero attached hydrogens (tertiary/aromatic N) is 2. The molecule has 0 spiro atoms. The first-order valence-corrected chi connectivity index (χ1v) is 7.02. The van der Waals surface area contributed by atoms with Crippen molar-refractivity contribution >= 4 is 34.1 Å². The highest BCUT2D eigenvalue weighted by atomic mass is 32.1. The molecule has 1 unspecified atom stereocenters. The molecule has 3 rings (SSSR count). The molecule has 2 aromatic heterocycles. The molecule has 1 fully saturated rings. The molecule has 104 valence electrons. The van der Waals surface area contributed by atoms with E-state index in [9.17, 15) is 4.79 Å². The molecular formula is C14H16N4OS. The van der Waals surface area contributed by atoms with E-state index in [-0.39, 0.29) is 18.0 Å². The summed E-state index contributed by atoms with van der Waals surface area (Å²) in [5, 5.41) is 4.74. The number of hydrogen-bond donors (Lipinski definition) is 2. The third-order valence-corrected chi connectivity index (χ3v) is 3.88. The number of H-pyrrole nitrogens is 1. The second-order valence-electron chi connectivity index (χ2n) is 5.24. The number of fused-ring (bicyclic) bond motifs is 1. The Morgan fingerprint density at radius 3 is 3.00 bits per heavy atom. The first-order chi connectivity index (χ1) is 9.58. The van der Waals surface area contributed by atoms with E-state index in [1.165, 1.54) is 0 Å². The largest absolute Gasteiger partial charge is 0.360 e. The summed E-state index contributed by atoms with van der Waals surface area (Å²) in [7, 11) is 0. The Hall–Kier alpha value is -1.95. The SMILES string of the molecule is CC(C)N1C(=O)C(Cc2c[nH]c3cnccc23)NC1=S. The number of rotatable bonds is 3. The number of carbonyl (C=O) groups excluding carboxylic acids is 1. The molecule has 20 heavy (non-hydrogen) atoms. The van der Waals surface area contributed by atoms with Crippen molar-refractivity contribution in [1.82, 2.24) is 20.2 Å². The van der Waals surface area contributed by atoms with Gasteiger partial charge in [0.15, 0.2) is 5.11 Å².